The van der Waals surface area contributed by atoms with Crippen molar-refractivity contribution in [1.29, 1.82) is 0 Å². The lowest BCUT2D eigenvalue weighted by atomic mass is 10.0. The fraction of sp³-hybridized carbons (Fsp3) is 1.00. The van der Waals surface area contributed by atoms with Crippen LogP contribution < -0.4 is 0 Å². The first-order chi connectivity index (χ1) is 4.00. The van der Waals surface area contributed by atoms with Crippen LogP contribution in [0.1, 0.15) is 27.7 Å². The van der Waals surface area contributed by atoms with Gasteiger partial charge in [0, 0.05) is 8.07 Å². The van der Waals surface area contributed by atoms with Gasteiger partial charge < -0.3 is 0 Å². The first-order valence-electron chi connectivity index (χ1n) is 4.00. The minimum atomic E-state index is -0.611. The highest BCUT2D eigenvalue weighted by Gasteiger charge is 1.99. The highest BCUT2D eigenvalue weighted by Crippen LogP contribution is 2.08. The maximum atomic E-state index is 2.33. The van der Waals surface area contributed by atoms with Gasteiger partial charge in [-0.2, -0.15) is 0 Å². The molecular weight excluding hydrogens is 136 g/mol. The second-order valence-electron chi connectivity index (χ2n) is 6.00. The molecule has 64 valence electrons. The van der Waals surface area contributed by atoms with Crippen LogP contribution in [0.25, 0.3) is 0 Å². The average Bonchev–Trinajstić information content (AvgIpc) is 1.12. The van der Waals surface area contributed by atoms with Crippen molar-refractivity contribution in [2.75, 3.05) is 0 Å². The Morgan fingerprint density at radius 3 is 0.700 bits per heavy atom. The van der Waals surface area contributed by atoms with E-state index in [1.165, 1.54) is 0 Å². The molecule has 0 heterocycles. The summed E-state index contributed by atoms with van der Waals surface area (Å²) in [4.78, 5) is 0. The molecule has 0 rings (SSSR count). The van der Waals surface area contributed by atoms with Gasteiger partial charge in [0.1, 0.15) is 0 Å². The van der Waals surface area contributed by atoms with Crippen molar-refractivity contribution < 1.29 is 0 Å². The molecule has 0 amide bonds. The SMILES string of the molecule is CC(C)(C)C.C[Si](C)(C)C. The maximum absolute atomic E-state index is 2.33. The summed E-state index contributed by atoms with van der Waals surface area (Å²) in [6, 6.07) is 0. The topological polar surface area (TPSA) is 0 Å². The molecular formula is C9H24Si. The van der Waals surface area contributed by atoms with Gasteiger partial charge in [-0.1, -0.05) is 53.9 Å². The van der Waals surface area contributed by atoms with Crippen molar-refractivity contribution in [3.05, 3.63) is 0 Å². The highest BCUT2D eigenvalue weighted by atomic mass is 28.3. The lowest BCUT2D eigenvalue weighted by Gasteiger charge is -2.05. The lowest BCUT2D eigenvalue weighted by molar-refractivity contribution is 0.469. The predicted octanol–water partition coefficient (Wildman–Crippen LogP) is 4.01. The Balaban J connectivity index is 0. The fourth-order valence-corrected chi connectivity index (χ4v) is 0. The minimum Gasteiger partial charge on any atom is -0.0697 e. The second-order valence-corrected chi connectivity index (χ2v) is 12.0. The van der Waals surface area contributed by atoms with Crippen LogP contribution >= 0.6 is 0 Å². The maximum Gasteiger partial charge on any atom is 0.0411 e. The summed E-state index contributed by atoms with van der Waals surface area (Å²) in [6.07, 6.45) is 0. The van der Waals surface area contributed by atoms with Gasteiger partial charge in [-0.15, -0.1) is 0 Å². The van der Waals surface area contributed by atoms with Crippen molar-refractivity contribution in [1.82, 2.24) is 0 Å². The van der Waals surface area contributed by atoms with E-state index in [0.29, 0.717) is 5.41 Å². The molecule has 0 bridgehead atoms. The van der Waals surface area contributed by atoms with Crippen LogP contribution in [0.5, 0.6) is 0 Å². The molecule has 0 aromatic rings. The summed E-state index contributed by atoms with van der Waals surface area (Å²) in [7, 11) is -0.611. The number of rotatable bonds is 0. The monoisotopic (exact) mass is 160 g/mol. The molecule has 0 saturated heterocycles. The van der Waals surface area contributed by atoms with Crippen LogP contribution in [0.4, 0.5) is 0 Å². The molecule has 0 aromatic carbocycles. The molecule has 0 radical (unpaired) electrons. The zero-order chi connectivity index (χ0) is 9.00. The van der Waals surface area contributed by atoms with E-state index in [4.69, 9.17) is 0 Å². The predicted molar refractivity (Wildman–Crippen MR) is 54.3 cm³/mol. The molecule has 0 nitrogen and oxygen atoms in total. The number of hydrogen-bond acceptors (Lipinski definition) is 0. The van der Waals surface area contributed by atoms with Gasteiger partial charge in [0.2, 0.25) is 0 Å². The van der Waals surface area contributed by atoms with E-state index in [0.717, 1.165) is 0 Å². The summed E-state index contributed by atoms with van der Waals surface area (Å²) in [5.74, 6) is 0. The Hall–Kier alpha value is 0.217. The Morgan fingerprint density at radius 1 is 0.700 bits per heavy atom. The van der Waals surface area contributed by atoms with Crippen molar-refractivity contribution >= 4 is 8.07 Å². The Bertz CT molecular complexity index is 47.7. The molecule has 0 fully saturated rings. The summed E-state index contributed by atoms with van der Waals surface area (Å²) in [6.45, 7) is 18.1. The fourth-order valence-electron chi connectivity index (χ4n) is 0. The molecule has 0 aromatic heterocycles. The molecule has 0 aliphatic carbocycles. The number of hydrogen-bond donors (Lipinski definition) is 0. The molecule has 0 saturated carbocycles. The molecule has 10 heavy (non-hydrogen) atoms. The molecule has 0 atom stereocenters. The Morgan fingerprint density at radius 2 is 0.700 bits per heavy atom. The molecule has 1 heteroatoms. The van der Waals surface area contributed by atoms with E-state index in [9.17, 15) is 0 Å². The molecule has 0 unspecified atom stereocenters. The van der Waals surface area contributed by atoms with E-state index in [1.54, 1.807) is 0 Å². The van der Waals surface area contributed by atoms with Crippen molar-refractivity contribution in [3.8, 4) is 0 Å². The van der Waals surface area contributed by atoms with Gasteiger partial charge in [0.25, 0.3) is 0 Å². The lowest BCUT2D eigenvalue weighted by Crippen LogP contribution is -2.10. The normalized spacial score (nSPS) is 12.0. The van der Waals surface area contributed by atoms with Gasteiger partial charge >= 0.3 is 0 Å². The third kappa shape index (κ3) is 9100. The standard InChI is InChI=1S/C5H12.C4H12Si/c2*1-5(2,3)4/h2*1-4H3. The van der Waals surface area contributed by atoms with E-state index in [2.05, 4.69) is 53.9 Å². The second kappa shape index (κ2) is 4.17. The molecule has 0 spiro atoms. The van der Waals surface area contributed by atoms with Gasteiger partial charge in [-0.05, 0) is 5.41 Å². The van der Waals surface area contributed by atoms with Gasteiger partial charge in [-0.3, -0.25) is 0 Å². The minimum absolute atomic E-state index is 0.500. The highest BCUT2D eigenvalue weighted by molar-refractivity contribution is 6.74. The Kier molecular flexibility index (Phi) is 5.36. The quantitative estimate of drug-likeness (QED) is 0.470. The van der Waals surface area contributed by atoms with E-state index < -0.39 is 8.07 Å². The van der Waals surface area contributed by atoms with Crippen molar-refractivity contribution in [3.63, 3.8) is 0 Å². The van der Waals surface area contributed by atoms with Crippen LogP contribution in [0.3, 0.4) is 0 Å². The van der Waals surface area contributed by atoms with Crippen LogP contribution in [0.2, 0.25) is 26.2 Å². The van der Waals surface area contributed by atoms with E-state index in [1.807, 2.05) is 0 Å². The van der Waals surface area contributed by atoms with E-state index in [-0.39, 0.29) is 0 Å². The molecule has 0 N–H and O–H groups in total. The smallest absolute Gasteiger partial charge is 0.0411 e. The van der Waals surface area contributed by atoms with E-state index >= 15 is 0 Å². The largest absolute Gasteiger partial charge is 0.0697 e. The summed E-state index contributed by atoms with van der Waals surface area (Å²) < 4.78 is 0. The summed E-state index contributed by atoms with van der Waals surface area (Å²) >= 11 is 0. The van der Waals surface area contributed by atoms with Crippen molar-refractivity contribution in [2.24, 2.45) is 5.41 Å². The van der Waals surface area contributed by atoms with Crippen LogP contribution in [-0.4, -0.2) is 8.07 Å². The summed E-state index contributed by atoms with van der Waals surface area (Å²) in [5, 5.41) is 0. The zero-order valence-corrected chi connectivity index (χ0v) is 10.0. The van der Waals surface area contributed by atoms with Gasteiger partial charge in [-0.25, -0.2) is 0 Å². The Labute approximate surface area is 68.0 Å². The van der Waals surface area contributed by atoms with Crippen LogP contribution in [0, 0.1) is 5.41 Å². The molecule has 0 aliphatic rings. The van der Waals surface area contributed by atoms with Gasteiger partial charge in [0.15, 0.2) is 0 Å². The van der Waals surface area contributed by atoms with Crippen molar-refractivity contribution in [2.45, 2.75) is 53.9 Å². The third-order valence-electron chi connectivity index (χ3n) is 0. The average molecular weight is 160 g/mol. The van der Waals surface area contributed by atoms with Gasteiger partial charge in [0.05, 0.1) is 0 Å². The third-order valence-corrected chi connectivity index (χ3v) is 0. The summed E-state index contributed by atoms with van der Waals surface area (Å²) in [5.41, 5.74) is 0.500. The van der Waals surface area contributed by atoms with Crippen LogP contribution in [0.15, 0.2) is 0 Å². The first-order valence-corrected chi connectivity index (χ1v) is 8.00. The zero-order valence-electron chi connectivity index (χ0n) is 9.00. The van der Waals surface area contributed by atoms with Crippen LogP contribution in [-0.2, 0) is 0 Å². The molecule has 0 aliphatic heterocycles. The first kappa shape index (κ1) is 12.9.